The van der Waals surface area contributed by atoms with Gasteiger partial charge in [0.2, 0.25) is 0 Å². The molecule has 144 valence electrons. The van der Waals surface area contributed by atoms with Crippen LogP contribution in [0.4, 0.5) is 5.69 Å². The van der Waals surface area contributed by atoms with Crippen LogP contribution in [-0.4, -0.2) is 11.7 Å². The number of hydrogen-bond acceptors (Lipinski definition) is 3. The number of rotatable bonds is 4. The fraction of sp³-hybridized carbons (Fsp3) is 0.182. The van der Waals surface area contributed by atoms with Crippen molar-refractivity contribution in [3.63, 3.8) is 0 Å². The second kappa shape index (κ2) is 8.36. The molecule has 1 heterocycles. The SMILES string of the molecule is Nc1c(Cl)cc([C@@H](O)C[NH2+][C@@H]2c3ccccc3CSc3ccccc32)cc1Cl. The third-order valence-corrected chi connectivity index (χ3v) is 6.87. The van der Waals surface area contributed by atoms with Crippen molar-refractivity contribution in [1.29, 1.82) is 0 Å². The van der Waals surface area contributed by atoms with Gasteiger partial charge in [-0.3, -0.25) is 0 Å². The average Bonchev–Trinajstić information content (AvgIpc) is 2.87. The van der Waals surface area contributed by atoms with Crippen LogP contribution in [0.25, 0.3) is 0 Å². The lowest BCUT2D eigenvalue weighted by Crippen LogP contribution is -2.86. The Morgan fingerprint density at radius 3 is 2.43 bits per heavy atom. The molecular weight excluding hydrogens is 411 g/mol. The molecule has 0 aliphatic carbocycles. The van der Waals surface area contributed by atoms with Crippen LogP contribution >= 0.6 is 35.0 Å². The zero-order valence-corrected chi connectivity index (χ0v) is 17.4. The van der Waals surface area contributed by atoms with Gasteiger partial charge in [-0.2, -0.15) is 0 Å². The molecule has 0 radical (unpaired) electrons. The summed E-state index contributed by atoms with van der Waals surface area (Å²) in [6, 6.07) is 20.5. The van der Waals surface area contributed by atoms with E-state index in [1.807, 2.05) is 11.8 Å². The van der Waals surface area contributed by atoms with Crippen molar-refractivity contribution in [2.24, 2.45) is 0 Å². The predicted molar refractivity (Wildman–Crippen MR) is 117 cm³/mol. The summed E-state index contributed by atoms with van der Waals surface area (Å²) in [7, 11) is 0. The van der Waals surface area contributed by atoms with E-state index in [0.717, 1.165) is 5.75 Å². The lowest BCUT2D eigenvalue weighted by Gasteiger charge is -2.20. The van der Waals surface area contributed by atoms with Crippen molar-refractivity contribution in [2.45, 2.75) is 22.8 Å². The van der Waals surface area contributed by atoms with Crippen LogP contribution in [0.1, 0.15) is 34.4 Å². The van der Waals surface area contributed by atoms with Gasteiger partial charge < -0.3 is 16.2 Å². The maximum absolute atomic E-state index is 10.8. The first-order valence-corrected chi connectivity index (χ1v) is 10.8. The van der Waals surface area contributed by atoms with E-state index < -0.39 is 6.10 Å². The van der Waals surface area contributed by atoms with E-state index in [1.54, 1.807) is 12.1 Å². The highest BCUT2D eigenvalue weighted by molar-refractivity contribution is 7.98. The van der Waals surface area contributed by atoms with Crippen LogP contribution in [0.2, 0.25) is 10.0 Å². The van der Waals surface area contributed by atoms with Gasteiger partial charge in [0.25, 0.3) is 0 Å². The van der Waals surface area contributed by atoms with Gasteiger partial charge in [-0.15, -0.1) is 11.8 Å². The molecule has 2 atom stereocenters. The molecule has 0 unspecified atom stereocenters. The van der Waals surface area contributed by atoms with Crippen molar-refractivity contribution in [3.8, 4) is 0 Å². The van der Waals surface area contributed by atoms with E-state index in [2.05, 4.69) is 53.8 Å². The van der Waals surface area contributed by atoms with Crippen LogP contribution in [0.3, 0.4) is 0 Å². The van der Waals surface area contributed by atoms with E-state index in [9.17, 15) is 5.11 Å². The molecule has 0 aromatic heterocycles. The van der Waals surface area contributed by atoms with Crippen LogP contribution in [0.5, 0.6) is 0 Å². The number of fused-ring (bicyclic) bond motifs is 2. The van der Waals surface area contributed by atoms with E-state index in [4.69, 9.17) is 28.9 Å². The standard InChI is InChI=1S/C22H20Cl2N2OS/c23-17-9-14(10-18(24)21(17)25)19(27)11-26-22-15-6-2-1-5-13(15)12-28-20-8-4-3-7-16(20)22/h1-10,19,22,26-27H,11-12,25H2/p+1/t19-,22+/m0/s1. The van der Waals surface area contributed by atoms with E-state index in [0.29, 0.717) is 27.8 Å². The molecule has 6 heteroatoms. The average molecular weight is 432 g/mol. The molecule has 0 spiro atoms. The van der Waals surface area contributed by atoms with Crippen molar-refractivity contribution < 1.29 is 10.4 Å². The van der Waals surface area contributed by atoms with E-state index >= 15 is 0 Å². The Bertz CT molecular complexity index is 941. The van der Waals surface area contributed by atoms with Crippen molar-refractivity contribution in [2.75, 3.05) is 12.3 Å². The topological polar surface area (TPSA) is 62.9 Å². The smallest absolute Gasteiger partial charge is 0.139 e. The Morgan fingerprint density at radius 1 is 1.04 bits per heavy atom. The molecule has 5 N–H and O–H groups in total. The monoisotopic (exact) mass is 431 g/mol. The summed E-state index contributed by atoms with van der Waals surface area (Å²) in [5.74, 6) is 0.948. The Balaban J connectivity index is 1.62. The molecule has 4 rings (SSSR count). The minimum absolute atomic E-state index is 0.122. The quantitative estimate of drug-likeness (QED) is 0.530. The minimum atomic E-state index is -0.703. The van der Waals surface area contributed by atoms with Gasteiger partial charge in [-0.25, -0.2) is 0 Å². The van der Waals surface area contributed by atoms with Gasteiger partial charge in [-0.05, 0) is 29.3 Å². The molecule has 0 bridgehead atoms. The largest absolute Gasteiger partial charge is 0.396 e. The van der Waals surface area contributed by atoms with Crippen LogP contribution < -0.4 is 11.1 Å². The first-order chi connectivity index (χ1) is 13.5. The summed E-state index contributed by atoms with van der Waals surface area (Å²) < 4.78 is 0. The summed E-state index contributed by atoms with van der Waals surface area (Å²) >= 11 is 14.1. The van der Waals surface area contributed by atoms with Crippen LogP contribution in [-0.2, 0) is 5.75 Å². The first kappa shape index (κ1) is 19.6. The number of nitrogens with two attached hydrogens (primary N) is 2. The molecule has 3 aromatic carbocycles. The normalized spacial score (nSPS) is 16.8. The molecule has 0 saturated heterocycles. The first-order valence-electron chi connectivity index (χ1n) is 9.10. The fourth-order valence-electron chi connectivity index (χ4n) is 3.61. The Hall–Kier alpha value is -1.69. The van der Waals surface area contributed by atoms with E-state index in [1.165, 1.54) is 21.6 Å². The Morgan fingerprint density at radius 2 is 1.68 bits per heavy atom. The number of hydrogen-bond donors (Lipinski definition) is 3. The molecule has 0 amide bonds. The summed E-state index contributed by atoms with van der Waals surface area (Å²) in [5.41, 5.74) is 10.7. The lowest BCUT2D eigenvalue weighted by molar-refractivity contribution is -0.693. The zero-order chi connectivity index (χ0) is 19.7. The summed E-state index contributed by atoms with van der Waals surface area (Å²) in [5, 5.41) is 13.7. The lowest BCUT2D eigenvalue weighted by atomic mass is 9.94. The van der Waals surface area contributed by atoms with Gasteiger partial charge in [0, 0.05) is 21.8 Å². The number of benzene rings is 3. The number of halogens is 2. The highest BCUT2D eigenvalue weighted by atomic mass is 35.5. The van der Waals surface area contributed by atoms with Crippen molar-refractivity contribution >= 4 is 40.7 Å². The highest BCUT2D eigenvalue weighted by Crippen LogP contribution is 2.37. The Labute approximate surface area is 178 Å². The van der Waals surface area contributed by atoms with Crippen molar-refractivity contribution in [1.82, 2.24) is 0 Å². The molecule has 1 aliphatic rings. The maximum atomic E-state index is 10.8. The predicted octanol–water partition coefficient (Wildman–Crippen LogP) is 4.57. The number of thioether (sulfide) groups is 1. The van der Waals surface area contributed by atoms with Crippen LogP contribution in [0, 0.1) is 0 Å². The molecule has 3 aromatic rings. The number of quaternary nitrogens is 1. The third kappa shape index (κ3) is 3.88. The summed E-state index contributed by atoms with van der Waals surface area (Å²) in [6.45, 7) is 0.481. The molecule has 28 heavy (non-hydrogen) atoms. The van der Waals surface area contributed by atoms with E-state index in [-0.39, 0.29) is 6.04 Å². The third-order valence-electron chi connectivity index (χ3n) is 5.11. The Kier molecular flexibility index (Phi) is 5.85. The summed E-state index contributed by atoms with van der Waals surface area (Å²) in [4.78, 5) is 1.29. The number of anilines is 1. The van der Waals surface area contributed by atoms with Gasteiger partial charge in [0.05, 0.1) is 15.7 Å². The number of nitrogen functional groups attached to an aromatic ring is 1. The number of aliphatic hydroxyl groups excluding tert-OH is 1. The second-order valence-electron chi connectivity index (χ2n) is 6.89. The van der Waals surface area contributed by atoms with Crippen molar-refractivity contribution in [3.05, 3.63) is 93.0 Å². The minimum Gasteiger partial charge on any atom is -0.396 e. The zero-order valence-electron chi connectivity index (χ0n) is 15.1. The molecule has 1 aliphatic heterocycles. The van der Waals surface area contributed by atoms with Gasteiger partial charge in [-0.1, -0.05) is 65.7 Å². The molecule has 0 saturated carbocycles. The number of aliphatic hydroxyl groups is 1. The molecule has 3 nitrogen and oxygen atoms in total. The van der Waals surface area contributed by atoms with Crippen LogP contribution in [0.15, 0.2) is 65.6 Å². The maximum Gasteiger partial charge on any atom is 0.139 e. The fourth-order valence-corrected chi connectivity index (χ4v) is 5.23. The highest BCUT2D eigenvalue weighted by Gasteiger charge is 2.27. The summed E-state index contributed by atoms with van der Waals surface area (Å²) in [6.07, 6.45) is -0.703. The van der Waals surface area contributed by atoms with Gasteiger partial charge in [0.15, 0.2) is 0 Å². The second-order valence-corrected chi connectivity index (χ2v) is 8.72. The molecule has 0 fully saturated rings. The molecular formula is C22H21Cl2N2OS+. The van der Waals surface area contributed by atoms with Gasteiger partial charge in [0.1, 0.15) is 18.7 Å². The van der Waals surface area contributed by atoms with Gasteiger partial charge >= 0.3 is 0 Å².